The second kappa shape index (κ2) is 8.19. The minimum absolute atomic E-state index is 0.00309. The molecular weight excluding hydrogens is 378 g/mol. The first-order chi connectivity index (χ1) is 14.5. The van der Waals surface area contributed by atoms with Crippen LogP contribution in [0.25, 0.3) is 0 Å². The molecule has 0 radical (unpaired) electrons. The standard InChI is InChI=1S/C24H25N3O3/c1-24(2)20(15-26-27-17-11-12-17)22(24)23(28)30-21(14-25)16-7-6-10-19(13-16)29-18-8-4-3-5-9-18/h3-10,13,15,17,20-22,27H,11-12H2,1-2H3/t20-,21?,22-/m0/s1. The summed E-state index contributed by atoms with van der Waals surface area (Å²) in [4.78, 5) is 12.8. The largest absolute Gasteiger partial charge is 0.457 e. The topological polar surface area (TPSA) is 83.7 Å². The number of hydrazone groups is 1. The Morgan fingerprint density at radius 1 is 1.20 bits per heavy atom. The van der Waals surface area contributed by atoms with Crippen molar-refractivity contribution in [2.45, 2.75) is 38.8 Å². The van der Waals surface area contributed by atoms with Gasteiger partial charge < -0.3 is 14.9 Å². The molecule has 2 aliphatic carbocycles. The van der Waals surface area contributed by atoms with Crippen LogP contribution in [0, 0.1) is 28.6 Å². The van der Waals surface area contributed by atoms with Crippen LogP contribution in [0.1, 0.15) is 38.4 Å². The molecule has 2 aromatic carbocycles. The second-order valence-electron chi connectivity index (χ2n) is 8.44. The van der Waals surface area contributed by atoms with Crippen molar-refractivity contribution >= 4 is 12.2 Å². The summed E-state index contributed by atoms with van der Waals surface area (Å²) < 4.78 is 11.4. The lowest BCUT2D eigenvalue weighted by molar-refractivity contribution is -0.149. The van der Waals surface area contributed by atoms with Gasteiger partial charge in [-0.3, -0.25) is 4.79 Å². The minimum Gasteiger partial charge on any atom is -0.457 e. The predicted molar refractivity (Wildman–Crippen MR) is 113 cm³/mol. The summed E-state index contributed by atoms with van der Waals surface area (Å²) in [6.07, 6.45) is 3.11. The van der Waals surface area contributed by atoms with Crippen LogP contribution < -0.4 is 10.2 Å². The molecule has 6 nitrogen and oxygen atoms in total. The van der Waals surface area contributed by atoms with Crippen molar-refractivity contribution in [1.29, 1.82) is 5.26 Å². The molecule has 2 saturated carbocycles. The van der Waals surface area contributed by atoms with Crippen LogP contribution >= 0.6 is 0 Å². The Hall–Kier alpha value is -3.33. The van der Waals surface area contributed by atoms with E-state index in [-0.39, 0.29) is 23.2 Å². The zero-order chi connectivity index (χ0) is 21.1. The number of hydrogen-bond acceptors (Lipinski definition) is 6. The molecule has 0 spiro atoms. The van der Waals surface area contributed by atoms with Crippen LogP contribution in [0.3, 0.4) is 0 Å². The molecule has 3 atom stereocenters. The number of para-hydroxylation sites is 1. The van der Waals surface area contributed by atoms with Gasteiger partial charge in [-0.1, -0.05) is 44.2 Å². The monoisotopic (exact) mass is 403 g/mol. The molecule has 4 rings (SSSR count). The number of carbonyl (C=O) groups excluding carboxylic acids is 1. The van der Waals surface area contributed by atoms with Gasteiger partial charge in [-0.15, -0.1) is 0 Å². The van der Waals surface area contributed by atoms with Gasteiger partial charge in [0.25, 0.3) is 0 Å². The Kier molecular flexibility index (Phi) is 5.45. The fourth-order valence-electron chi connectivity index (χ4n) is 3.57. The highest BCUT2D eigenvalue weighted by molar-refractivity contribution is 5.85. The van der Waals surface area contributed by atoms with Gasteiger partial charge in [0.05, 0.1) is 5.92 Å². The lowest BCUT2D eigenvalue weighted by Gasteiger charge is -2.13. The number of rotatable bonds is 8. The summed E-state index contributed by atoms with van der Waals surface area (Å²) in [6.45, 7) is 4.03. The smallest absolute Gasteiger partial charge is 0.311 e. The first kappa shape index (κ1) is 20.0. The van der Waals surface area contributed by atoms with E-state index in [1.807, 2.05) is 44.2 Å². The number of nitrogens with zero attached hydrogens (tertiary/aromatic N) is 2. The number of esters is 1. The molecule has 6 heteroatoms. The maximum absolute atomic E-state index is 12.8. The van der Waals surface area contributed by atoms with E-state index in [2.05, 4.69) is 16.6 Å². The van der Waals surface area contributed by atoms with Crippen LogP contribution in [-0.4, -0.2) is 18.2 Å². The Bertz CT molecular complexity index is 977. The van der Waals surface area contributed by atoms with E-state index in [4.69, 9.17) is 9.47 Å². The van der Waals surface area contributed by atoms with E-state index in [1.54, 1.807) is 30.5 Å². The van der Waals surface area contributed by atoms with Gasteiger partial charge in [0.2, 0.25) is 6.10 Å². The summed E-state index contributed by atoms with van der Waals surface area (Å²) >= 11 is 0. The lowest BCUT2D eigenvalue weighted by atomic mass is 10.1. The van der Waals surface area contributed by atoms with Crippen LogP contribution in [0.2, 0.25) is 0 Å². The van der Waals surface area contributed by atoms with Crippen molar-refractivity contribution in [3.8, 4) is 17.6 Å². The fourth-order valence-corrected chi connectivity index (χ4v) is 3.57. The van der Waals surface area contributed by atoms with Gasteiger partial charge in [0.1, 0.15) is 17.6 Å². The molecule has 154 valence electrons. The van der Waals surface area contributed by atoms with Gasteiger partial charge in [0, 0.05) is 23.7 Å². The van der Waals surface area contributed by atoms with E-state index in [0.717, 1.165) is 12.8 Å². The average molecular weight is 403 g/mol. The molecule has 1 N–H and O–H groups in total. The number of carbonyl (C=O) groups is 1. The number of hydrogen-bond donors (Lipinski definition) is 1. The van der Waals surface area contributed by atoms with E-state index < -0.39 is 6.10 Å². The van der Waals surface area contributed by atoms with Crippen molar-refractivity contribution in [3.63, 3.8) is 0 Å². The van der Waals surface area contributed by atoms with E-state index in [0.29, 0.717) is 23.1 Å². The molecule has 0 bridgehead atoms. The number of nitriles is 1. The van der Waals surface area contributed by atoms with Crippen molar-refractivity contribution in [1.82, 2.24) is 5.43 Å². The van der Waals surface area contributed by atoms with E-state index in [9.17, 15) is 10.1 Å². The summed E-state index contributed by atoms with van der Waals surface area (Å²) in [5, 5.41) is 13.9. The molecule has 2 aromatic rings. The third-order valence-electron chi connectivity index (χ3n) is 5.73. The number of benzene rings is 2. The van der Waals surface area contributed by atoms with Crippen molar-refractivity contribution in [2.24, 2.45) is 22.4 Å². The summed E-state index contributed by atoms with van der Waals surface area (Å²) in [7, 11) is 0. The van der Waals surface area contributed by atoms with Gasteiger partial charge in [-0.25, -0.2) is 0 Å². The fraction of sp³-hybridized carbons (Fsp3) is 0.375. The van der Waals surface area contributed by atoms with Crippen LogP contribution in [0.15, 0.2) is 59.7 Å². The molecular formula is C24H25N3O3. The van der Waals surface area contributed by atoms with Crippen LogP contribution in [-0.2, 0) is 9.53 Å². The zero-order valence-corrected chi connectivity index (χ0v) is 17.1. The summed E-state index contributed by atoms with van der Waals surface area (Å²) in [6, 6.07) is 19.0. The molecule has 0 aliphatic heterocycles. The molecule has 0 heterocycles. The first-order valence-corrected chi connectivity index (χ1v) is 10.2. The van der Waals surface area contributed by atoms with Gasteiger partial charge in [-0.2, -0.15) is 10.4 Å². The quantitative estimate of drug-likeness (QED) is 0.396. The molecule has 2 fully saturated rings. The molecule has 0 amide bonds. The molecule has 0 saturated heterocycles. The maximum Gasteiger partial charge on any atom is 0.311 e. The van der Waals surface area contributed by atoms with Crippen LogP contribution in [0.4, 0.5) is 0 Å². The van der Waals surface area contributed by atoms with Gasteiger partial charge in [0.15, 0.2) is 0 Å². The van der Waals surface area contributed by atoms with E-state index >= 15 is 0 Å². The summed E-state index contributed by atoms with van der Waals surface area (Å²) in [5.74, 6) is 0.605. The molecule has 0 aromatic heterocycles. The maximum atomic E-state index is 12.8. The highest BCUT2D eigenvalue weighted by Crippen LogP contribution is 2.58. The Morgan fingerprint density at radius 2 is 1.93 bits per heavy atom. The molecule has 1 unspecified atom stereocenters. The third kappa shape index (κ3) is 4.46. The SMILES string of the molecule is CC1(C)[C@H](C(=O)OC(C#N)c2cccc(Oc3ccccc3)c2)[C@@H]1C=NNC1CC1. The number of nitrogens with one attached hydrogen (secondary N) is 1. The van der Waals surface area contributed by atoms with Crippen molar-refractivity contribution in [2.75, 3.05) is 0 Å². The highest BCUT2D eigenvalue weighted by atomic mass is 16.5. The predicted octanol–water partition coefficient (Wildman–Crippen LogP) is 4.60. The normalized spacial score (nSPS) is 22.7. The third-order valence-corrected chi connectivity index (χ3v) is 5.73. The Morgan fingerprint density at radius 3 is 2.63 bits per heavy atom. The minimum atomic E-state index is -0.990. The van der Waals surface area contributed by atoms with Crippen LogP contribution in [0.5, 0.6) is 11.5 Å². The average Bonchev–Trinajstić information content (AvgIpc) is 3.65. The molecule has 30 heavy (non-hydrogen) atoms. The molecule has 2 aliphatic rings. The zero-order valence-electron chi connectivity index (χ0n) is 17.1. The van der Waals surface area contributed by atoms with E-state index in [1.165, 1.54) is 0 Å². The second-order valence-corrected chi connectivity index (χ2v) is 8.44. The van der Waals surface area contributed by atoms with Crippen molar-refractivity contribution in [3.05, 3.63) is 60.2 Å². The Labute approximate surface area is 176 Å². The van der Waals surface area contributed by atoms with Crippen molar-refractivity contribution < 1.29 is 14.3 Å². The lowest BCUT2D eigenvalue weighted by Crippen LogP contribution is -2.15. The number of ether oxygens (including phenoxy) is 2. The van der Waals surface area contributed by atoms with Gasteiger partial charge >= 0.3 is 5.97 Å². The first-order valence-electron chi connectivity index (χ1n) is 10.2. The highest BCUT2D eigenvalue weighted by Gasteiger charge is 2.62. The summed E-state index contributed by atoms with van der Waals surface area (Å²) in [5.41, 5.74) is 3.43. The Balaban J connectivity index is 1.40. The van der Waals surface area contributed by atoms with Gasteiger partial charge in [-0.05, 0) is 42.5 Å².